The van der Waals surface area contributed by atoms with Crippen LogP contribution in [0.2, 0.25) is 0 Å². The van der Waals surface area contributed by atoms with E-state index in [4.69, 9.17) is 5.73 Å². The molecule has 1 aromatic carbocycles. The molecular weight excluding hydrogens is 214 g/mol. The van der Waals surface area contributed by atoms with Crippen molar-refractivity contribution in [2.45, 2.75) is 0 Å². The van der Waals surface area contributed by atoms with E-state index in [1.165, 1.54) is 0 Å². The van der Waals surface area contributed by atoms with Crippen molar-refractivity contribution >= 4 is 17.2 Å². The second-order valence-electron chi connectivity index (χ2n) is 3.10. The summed E-state index contributed by atoms with van der Waals surface area (Å²) in [5.41, 5.74) is 6.69. The summed E-state index contributed by atoms with van der Waals surface area (Å²) in [6.45, 7) is 0. The molecule has 1 aromatic heterocycles. The number of rotatable bonds is 2. The normalized spacial score (nSPS) is 10.1. The maximum absolute atomic E-state index is 12.8. The molecule has 0 fully saturated rings. The second kappa shape index (κ2) is 4.09. The quantitative estimate of drug-likeness (QED) is 0.464. The average molecular weight is 222 g/mol. The molecule has 0 aliphatic heterocycles. The molecule has 82 valence electrons. The van der Waals surface area contributed by atoms with Crippen molar-refractivity contribution in [3.05, 3.63) is 42.4 Å². The average Bonchev–Trinajstić information content (AvgIpc) is 2.15. The largest absolute Gasteiger partial charge is 0.399 e. The molecule has 0 bridgehead atoms. The van der Waals surface area contributed by atoms with Crippen LogP contribution >= 0.6 is 0 Å². The Labute approximate surface area is 90.1 Å². The van der Waals surface area contributed by atoms with Gasteiger partial charge in [0.1, 0.15) is 5.82 Å². The van der Waals surface area contributed by atoms with Gasteiger partial charge < -0.3 is 11.1 Å². The Balaban J connectivity index is 2.27. The summed E-state index contributed by atoms with van der Waals surface area (Å²) in [4.78, 5) is 6.27. The third-order valence-electron chi connectivity index (χ3n) is 1.83. The molecular formula is C10H8F2N4. The predicted molar refractivity (Wildman–Crippen MR) is 56.1 cm³/mol. The molecule has 16 heavy (non-hydrogen) atoms. The Kier molecular flexibility index (Phi) is 2.63. The lowest BCUT2D eigenvalue weighted by Gasteiger charge is -2.05. The van der Waals surface area contributed by atoms with Gasteiger partial charge in [-0.1, -0.05) is 6.07 Å². The minimum absolute atomic E-state index is 0.0376. The van der Waals surface area contributed by atoms with Crippen molar-refractivity contribution in [1.82, 2.24) is 9.97 Å². The van der Waals surface area contributed by atoms with Crippen LogP contribution in [-0.2, 0) is 0 Å². The van der Waals surface area contributed by atoms with E-state index >= 15 is 0 Å². The van der Waals surface area contributed by atoms with Crippen LogP contribution in [0.15, 0.2) is 30.3 Å². The highest BCUT2D eigenvalue weighted by Gasteiger charge is 2.03. The fourth-order valence-corrected chi connectivity index (χ4v) is 1.22. The number of halogens is 2. The van der Waals surface area contributed by atoms with Gasteiger partial charge in [-0.15, -0.1) is 0 Å². The summed E-state index contributed by atoms with van der Waals surface area (Å²) >= 11 is 0. The summed E-state index contributed by atoms with van der Waals surface area (Å²) in [7, 11) is 0. The van der Waals surface area contributed by atoms with E-state index in [-0.39, 0.29) is 5.82 Å². The molecule has 3 N–H and O–H groups in total. The highest BCUT2D eigenvalue weighted by Crippen LogP contribution is 2.17. The summed E-state index contributed by atoms with van der Waals surface area (Å²) in [5.74, 6) is -0.894. The lowest BCUT2D eigenvalue weighted by molar-refractivity contribution is 0.485. The van der Waals surface area contributed by atoms with Gasteiger partial charge in [0.15, 0.2) is 0 Å². The van der Waals surface area contributed by atoms with Crippen molar-refractivity contribution in [3.63, 3.8) is 0 Å². The first-order valence-corrected chi connectivity index (χ1v) is 4.46. The number of nitrogens with zero attached hydrogens (tertiary/aromatic N) is 2. The minimum Gasteiger partial charge on any atom is -0.399 e. The van der Waals surface area contributed by atoms with Gasteiger partial charge in [-0.25, -0.2) is 0 Å². The monoisotopic (exact) mass is 222 g/mol. The van der Waals surface area contributed by atoms with E-state index in [1.807, 2.05) is 0 Å². The number of aromatic nitrogens is 2. The second-order valence-corrected chi connectivity index (χ2v) is 3.10. The zero-order valence-electron chi connectivity index (χ0n) is 8.11. The fourth-order valence-electron chi connectivity index (χ4n) is 1.22. The molecule has 0 aliphatic carbocycles. The van der Waals surface area contributed by atoms with Gasteiger partial charge >= 0.3 is 6.08 Å². The van der Waals surface area contributed by atoms with Gasteiger partial charge in [0.2, 0.25) is 5.95 Å². The summed E-state index contributed by atoms with van der Waals surface area (Å²) in [6.07, 6.45) is -1.12. The third-order valence-corrected chi connectivity index (χ3v) is 1.83. The van der Waals surface area contributed by atoms with E-state index in [0.717, 1.165) is 6.07 Å². The Morgan fingerprint density at radius 1 is 1.12 bits per heavy atom. The fraction of sp³-hybridized carbons (Fsp3) is 0. The number of benzene rings is 1. The molecule has 0 aliphatic rings. The Hall–Kier alpha value is -2.24. The molecule has 0 radical (unpaired) electrons. The lowest BCUT2D eigenvalue weighted by Crippen LogP contribution is -2.00. The van der Waals surface area contributed by atoms with Crippen LogP contribution in [0.4, 0.5) is 26.0 Å². The first kappa shape index (κ1) is 10.3. The maximum atomic E-state index is 12.8. The Bertz CT molecular complexity index is 496. The predicted octanol–water partition coefficient (Wildman–Crippen LogP) is 2.08. The maximum Gasteiger partial charge on any atom is 0.313 e. The smallest absolute Gasteiger partial charge is 0.313 e. The zero-order valence-corrected chi connectivity index (χ0v) is 8.11. The zero-order chi connectivity index (χ0) is 11.5. The molecule has 0 amide bonds. The number of nitrogens with two attached hydrogens (primary N) is 1. The van der Waals surface area contributed by atoms with E-state index in [1.54, 1.807) is 24.3 Å². The highest BCUT2D eigenvalue weighted by molar-refractivity contribution is 5.60. The van der Waals surface area contributed by atoms with Crippen molar-refractivity contribution in [1.29, 1.82) is 0 Å². The summed E-state index contributed by atoms with van der Waals surface area (Å²) in [6, 6.07) is 7.73. The molecule has 4 nitrogen and oxygen atoms in total. The van der Waals surface area contributed by atoms with Gasteiger partial charge in [0, 0.05) is 17.4 Å². The van der Waals surface area contributed by atoms with E-state index in [2.05, 4.69) is 15.3 Å². The number of anilines is 3. The molecule has 0 saturated heterocycles. The van der Waals surface area contributed by atoms with Crippen LogP contribution in [-0.4, -0.2) is 9.97 Å². The summed E-state index contributed by atoms with van der Waals surface area (Å²) in [5, 5.41) is 2.72. The van der Waals surface area contributed by atoms with Gasteiger partial charge in [-0.2, -0.15) is 18.7 Å². The molecule has 2 rings (SSSR count). The first-order chi connectivity index (χ1) is 7.63. The van der Waals surface area contributed by atoms with Gasteiger partial charge in [0.25, 0.3) is 0 Å². The van der Waals surface area contributed by atoms with Crippen LogP contribution in [0.25, 0.3) is 0 Å². The minimum atomic E-state index is -1.12. The van der Waals surface area contributed by atoms with Gasteiger partial charge in [-0.05, 0) is 18.2 Å². The molecule has 0 atom stereocenters. The van der Waals surface area contributed by atoms with Crippen molar-refractivity contribution in [2.24, 2.45) is 0 Å². The van der Waals surface area contributed by atoms with E-state index in [0.29, 0.717) is 11.4 Å². The van der Waals surface area contributed by atoms with Gasteiger partial charge in [-0.3, -0.25) is 0 Å². The lowest BCUT2D eigenvalue weighted by atomic mass is 10.3. The van der Waals surface area contributed by atoms with Crippen molar-refractivity contribution < 1.29 is 8.78 Å². The van der Waals surface area contributed by atoms with Crippen LogP contribution in [0.1, 0.15) is 0 Å². The third kappa shape index (κ3) is 2.41. The van der Waals surface area contributed by atoms with Crippen LogP contribution < -0.4 is 11.1 Å². The topological polar surface area (TPSA) is 63.8 Å². The first-order valence-electron chi connectivity index (χ1n) is 4.46. The number of nitrogen functional groups attached to an aromatic ring is 1. The Morgan fingerprint density at radius 2 is 1.94 bits per heavy atom. The summed E-state index contributed by atoms with van der Waals surface area (Å²) < 4.78 is 25.4. The number of nitrogens with one attached hydrogen (secondary N) is 1. The molecule has 0 spiro atoms. The molecule has 1 heterocycles. The van der Waals surface area contributed by atoms with Gasteiger partial charge in [0.05, 0.1) is 0 Å². The van der Waals surface area contributed by atoms with Crippen molar-refractivity contribution in [2.75, 3.05) is 11.1 Å². The SMILES string of the molecule is Nc1cccc(Nc2cc(F)nc(F)n2)c1. The molecule has 0 saturated carbocycles. The molecule has 6 heteroatoms. The van der Waals surface area contributed by atoms with Crippen LogP contribution in [0.5, 0.6) is 0 Å². The van der Waals surface area contributed by atoms with Crippen LogP contribution in [0, 0.1) is 12.0 Å². The number of hydrogen-bond acceptors (Lipinski definition) is 4. The van der Waals surface area contributed by atoms with E-state index in [9.17, 15) is 8.78 Å². The van der Waals surface area contributed by atoms with Crippen LogP contribution in [0.3, 0.4) is 0 Å². The van der Waals surface area contributed by atoms with E-state index < -0.39 is 12.0 Å². The highest BCUT2D eigenvalue weighted by atomic mass is 19.1. The molecule has 2 aromatic rings. The molecule has 0 unspecified atom stereocenters. The van der Waals surface area contributed by atoms with Crippen molar-refractivity contribution in [3.8, 4) is 0 Å². The Morgan fingerprint density at radius 3 is 2.62 bits per heavy atom. The standard InChI is InChI=1S/C10H8F2N4/c11-8-5-9(16-10(12)15-8)14-7-3-1-2-6(13)4-7/h1-5H,13H2,(H,14,15,16). The number of hydrogen-bond donors (Lipinski definition) is 2.